The van der Waals surface area contributed by atoms with E-state index in [-0.39, 0.29) is 11.7 Å². The van der Waals surface area contributed by atoms with Crippen LogP contribution in [0.4, 0.5) is 5.13 Å². The lowest BCUT2D eigenvalue weighted by atomic mass is 10.2. The third-order valence-corrected chi connectivity index (χ3v) is 5.08. The van der Waals surface area contributed by atoms with Crippen LogP contribution >= 0.6 is 23.1 Å². The summed E-state index contributed by atoms with van der Waals surface area (Å²) in [5, 5.41) is 14.7. The van der Waals surface area contributed by atoms with E-state index in [1.54, 1.807) is 20.3 Å². The average molecular weight is 380 g/mol. The van der Waals surface area contributed by atoms with Gasteiger partial charge in [-0.1, -0.05) is 35.2 Å². The molecule has 1 heterocycles. The monoisotopic (exact) mass is 380 g/mol. The van der Waals surface area contributed by atoms with E-state index < -0.39 is 0 Å². The van der Waals surface area contributed by atoms with E-state index in [1.165, 1.54) is 23.1 Å². The van der Waals surface area contributed by atoms with Crippen LogP contribution in [-0.2, 0) is 11.3 Å². The van der Waals surface area contributed by atoms with Crippen molar-refractivity contribution in [3.63, 3.8) is 0 Å². The molecule has 0 aliphatic carbocycles. The Labute approximate surface area is 154 Å². The second kappa shape index (κ2) is 9.90. The third kappa shape index (κ3) is 5.95. The fourth-order valence-corrected chi connectivity index (χ4v) is 3.46. The van der Waals surface area contributed by atoms with Crippen LogP contribution < -0.4 is 20.1 Å². The van der Waals surface area contributed by atoms with Crippen LogP contribution in [0, 0.1) is 0 Å². The van der Waals surface area contributed by atoms with E-state index in [9.17, 15) is 4.79 Å². The standard InChI is InChI=1S/C16H20N4O3S2/c1-4-7-17-15-19-20-16(25-15)24-10-14(21)18-9-11-5-6-12(22-2)13(8-11)23-3/h4-6,8H,1,7,9-10H2,2-3H3,(H,17,19)(H,18,21). The van der Waals surface area contributed by atoms with E-state index in [1.807, 2.05) is 18.2 Å². The molecule has 0 radical (unpaired) electrons. The van der Waals surface area contributed by atoms with Gasteiger partial charge in [0.25, 0.3) is 0 Å². The molecule has 0 aliphatic heterocycles. The molecule has 2 rings (SSSR count). The van der Waals surface area contributed by atoms with Crippen molar-refractivity contribution in [2.75, 3.05) is 31.8 Å². The first-order valence-electron chi connectivity index (χ1n) is 7.45. The molecule has 1 aromatic heterocycles. The number of methoxy groups -OCH3 is 2. The van der Waals surface area contributed by atoms with Crippen LogP contribution in [0.3, 0.4) is 0 Å². The van der Waals surface area contributed by atoms with E-state index in [4.69, 9.17) is 9.47 Å². The molecule has 0 spiro atoms. The number of hydrogen-bond donors (Lipinski definition) is 2. The maximum Gasteiger partial charge on any atom is 0.230 e. The van der Waals surface area contributed by atoms with Gasteiger partial charge in [-0.25, -0.2) is 0 Å². The van der Waals surface area contributed by atoms with E-state index in [0.717, 1.165) is 9.90 Å². The number of ether oxygens (including phenoxy) is 2. The number of nitrogens with one attached hydrogen (secondary N) is 2. The van der Waals surface area contributed by atoms with Crippen molar-refractivity contribution in [2.45, 2.75) is 10.9 Å². The van der Waals surface area contributed by atoms with Gasteiger partial charge >= 0.3 is 0 Å². The van der Waals surface area contributed by atoms with Crippen LogP contribution in [-0.4, -0.2) is 42.6 Å². The molecule has 9 heteroatoms. The van der Waals surface area contributed by atoms with Crippen molar-refractivity contribution in [2.24, 2.45) is 0 Å². The normalized spacial score (nSPS) is 10.2. The zero-order chi connectivity index (χ0) is 18.1. The van der Waals surface area contributed by atoms with Gasteiger partial charge in [0.05, 0.1) is 20.0 Å². The molecular weight excluding hydrogens is 360 g/mol. The van der Waals surface area contributed by atoms with Gasteiger partial charge in [-0.05, 0) is 17.7 Å². The lowest BCUT2D eigenvalue weighted by Gasteiger charge is -2.10. The molecule has 0 fully saturated rings. The number of nitrogens with zero attached hydrogens (tertiary/aromatic N) is 2. The largest absolute Gasteiger partial charge is 0.493 e. The minimum Gasteiger partial charge on any atom is -0.493 e. The van der Waals surface area contributed by atoms with Gasteiger partial charge in [-0.2, -0.15) is 0 Å². The number of benzene rings is 1. The van der Waals surface area contributed by atoms with E-state index >= 15 is 0 Å². The molecule has 0 saturated carbocycles. The number of thioether (sulfide) groups is 1. The molecule has 134 valence electrons. The molecule has 25 heavy (non-hydrogen) atoms. The van der Waals surface area contributed by atoms with Crippen molar-refractivity contribution in [3.05, 3.63) is 36.4 Å². The molecular formula is C16H20N4O3S2. The van der Waals surface area contributed by atoms with Crippen LogP contribution in [0.2, 0.25) is 0 Å². The van der Waals surface area contributed by atoms with E-state index in [0.29, 0.717) is 29.7 Å². The summed E-state index contributed by atoms with van der Waals surface area (Å²) in [4.78, 5) is 12.0. The van der Waals surface area contributed by atoms with Gasteiger partial charge in [0, 0.05) is 13.1 Å². The molecule has 7 nitrogen and oxygen atoms in total. The van der Waals surface area contributed by atoms with Crippen molar-refractivity contribution < 1.29 is 14.3 Å². The van der Waals surface area contributed by atoms with Crippen molar-refractivity contribution >= 4 is 34.1 Å². The maximum absolute atomic E-state index is 12.0. The lowest BCUT2D eigenvalue weighted by molar-refractivity contribution is -0.118. The number of aromatic nitrogens is 2. The fraction of sp³-hybridized carbons (Fsp3) is 0.312. The highest BCUT2D eigenvalue weighted by Gasteiger charge is 2.09. The maximum atomic E-state index is 12.0. The lowest BCUT2D eigenvalue weighted by Crippen LogP contribution is -2.24. The van der Waals surface area contributed by atoms with Crippen LogP contribution in [0.15, 0.2) is 35.2 Å². The Balaban J connectivity index is 1.78. The Morgan fingerprint density at radius 3 is 2.84 bits per heavy atom. The molecule has 0 aliphatic rings. The highest BCUT2D eigenvalue weighted by molar-refractivity contribution is 8.01. The Morgan fingerprint density at radius 1 is 1.32 bits per heavy atom. The number of carbonyl (C=O) groups excluding carboxylic acids is 1. The first-order valence-corrected chi connectivity index (χ1v) is 9.25. The van der Waals surface area contributed by atoms with Crippen LogP contribution in [0.25, 0.3) is 0 Å². The first kappa shape index (κ1) is 19.1. The second-order valence-electron chi connectivity index (χ2n) is 4.80. The van der Waals surface area contributed by atoms with Gasteiger partial charge in [-0.3, -0.25) is 4.79 Å². The van der Waals surface area contributed by atoms with Gasteiger partial charge in [0.2, 0.25) is 11.0 Å². The van der Waals surface area contributed by atoms with Crippen molar-refractivity contribution in [1.29, 1.82) is 0 Å². The highest BCUT2D eigenvalue weighted by atomic mass is 32.2. The Morgan fingerprint density at radius 2 is 2.12 bits per heavy atom. The van der Waals surface area contributed by atoms with Gasteiger partial charge < -0.3 is 20.1 Å². The average Bonchev–Trinajstić information content (AvgIpc) is 3.10. The number of anilines is 1. The summed E-state index contributed by atoms with van der Waals surface area (Å²) >= 11 is 2.76. The third-order valence-electron chi connectivity index (χ3n) is 3.07. The number of rotatable bonds is 10. The summed E-state index contributed by atoms with van der Waals surface area (Å²) in [6.45, 7) is 4.68. The summed E-state index contributed by atoms with van der Waals surface area (Å²) in [5.41, 5.74) is 0.933. The SMILES string of the molecule is C=CCNc1nnc(SCC(=O)NCc2ccc(OC)c(OC)c2)s1. The number of carbonyl (C=O) groups is 1. The number of amides is 1. The van der Waals surface area contributed by atoms with E-state index in [2.05, 4.69) is 27.4 Å². The predicted molar refractivity (Wildman–Crippen MR) is 101 cm³/mol. The molecule has 0 atom stereocenters. The predicted octanol–water partition coefficient (Wildman–Crippen LogP) is 2.56. The zero-order valence-electron chi connectivity index (χ0n) is 14.1. The number of hydrogen-bond acceptors (Lipinski definition) is 8. The highest BCUT2D eigenvalue weighted by Crippen LogP contribution is 2.27. The van der Waals surface area contributed by atoms with Crippen molar-refractivity contribution in [1.82, 2.24) is 15.5 Å². The Hall–Kier alpha value is -2.26. The zero-order valence-corrected chi connectivity index (χ0v) is 15.7. The van der Waals surface area contributed by atoms with Crippen molar-refractivity contribution in [3.8, 4) is 11.5 Å². The quantitative estimate of drug-likeness (QED) is 0.484. The molecule has 2 aromatic rings. The van der Waals surface area contributed by atoms with Crippen LogP contribution in [0.1, 0.15) is 5.56 Å². The Kier molecular flexibility index (Phi) is 7.55. The summed E-state index contributed by atoms with van der Waals surface area (Å²) in [6, 6.07) is 5.54. The summed E-state index contributed by atoms with van der Waals surface area (Å²) in [7, 11) is 3.17. The van der Waals surface area contributed by atoms with Gasteiger partial charge in [0.15, 0.2) is 15.8 Å². The molecule has 0 saturated heterocycles. The minimum atomic E-state index is -0.0735. The smallest absolute Gasteiger partial charge is 0.230 e. The Bertz CT molecular complexity index is 721. The van der Waals surface area contributed by atoms with Gasteiger partial charge in [0.1, 0.15) is 0 Å². The molecule has 2 N–H and O–H groups in total. The molecule has 0 bridgehead atoms. The topological polar surface area (TPSA) is 85.4 Å². The fourth-order valence-electron chi connectivity index (χ4n) is 1.87. The van der Waals surface area contributed by atoms with Gasteiger partial charge in [-0.15, -0.1) is 16.8 Å². The molecule has 1 amide bonds. The van der Waals surface area contributed by atoms with Crippen LogP contribution in [0.5, 0.6) is 11.5 Å². The molecule has 1 aromatic carbocycles. The minimum absolute atomic E-state index is 0.0735. The second-order valence-corrected chi connectivity index (χ2v) is 7.00. The molecule has 0 unspecified atom stereocenters. The first-order chi connectivity index (χ1) is 12.2. The summed E-state index contributed by atoms with van der Waals surface area (Å²) in [5.74, 6) is 1.50. The summed E-state index contributed by atoms with van der Waals surface area (Å²) < 4.78 is 11.2. The summed E-state index contributed by atoms with van der Waals surface area (Å²) in [6.07, 6.45) is 1.75.